The summed E-state index contributed by atoms with van der Waals surface area (Å²) in [7, 11) is 0. The number of benzene rings is 1. The van der Waals surface area contributed by atoms with Crippen molar-refractivity contribution >= 4 is 58.9 Å². The minimum absolute atomic E-state index is 0.0518. The number of likely N-dealkylation sites (tertiary alicyclic amines) is 1. The van der Waals surface area contributed by atoms with Crippen LogP contribution in [0.2, 0.25) is 10.0 Å². The Labute approximate surface area is 233 Å². The highest BCUT2D eigenvalue weighted by Crippen LogP contribution is 2.27. The topological polar surface area (TPSA) is 158 Å². The number of hydrogen-bond donors (Lipinski definition) is 4. The lowest BCUT2D eigenvalue weighted by Gasteiger charge is -2.24. The Bertz CT molecular complexity index is 1300. The molecule has 0 saturated carbocycles. The van der Waals surface area contributed by atoms with E-state index in [4.69, 9.17) is 27.6 Å². The molecule has 2 atom stereocenters. The van der Waals surface area contributed by atoms with E-state index in [1.54, 1.807) is 12.1 Å². The van der Waals surface area contributed by atoms with Crippen LogP contribution in [0, 0.1) is 0 Å². The molecule has 11 nitrogen and oxygen atoms in total. The van der Waals surface area contributed by atoms with Crippen molar-refractivity contribution in [2.75, 3.05) is 13.1 Å². The van der Waals surface area contributed by atoms with Crippen LogP contribution in [-0.4, -0.2) is 64.8 Å². The smallest absolute Gasteiger partial charge is 0.328 e. The molecule has 39 heavy (non-hydrogen) atoms. The highest BCUT2D eigenvalue weighted by molar-refractivity contribution is 6.39. The minimum atomic E-state index is -1.52. The molecular formula is C26H26Cl2N4O7. The van der Waals surface area contributed by atoms with Crippen molar-refractivity contribution in [3.8, 4) is 0 Å². The number of rotatable bonds is 10. The van der Waals surface area contributed by atoms with E-state index in [1.807, 2.05) is 0 Å². The number of hydrogen-bond acceptors (Lipinski definition) is 6. The number of aliphatic carboxylic acids is 1. The number of carbonyl (C=O) groups excluding carboxylic acids is 4. The molecule has 2 heterocycles. The van der Waals surface area contributed by atoms with Gasteiger partial charge in [0.2, 0.25) is 17.7 Å². The lowest BCUT2D eigenvalue weighted by atomic mass is 10.1. The molecule has 4 N–H and O–H groups in total. The maximum absolute atomic E-state index is 12.9. The summed E-state index contributed by atoms with van der Waals surface area (Å²) in [4.78, 5) is 62.4. The van der Waals surface area contributed by atoms with Crippen LogP contribution in [0.3, 0.4) is 0 Å². The SMILES string of the molecule is C=C1CCN(C(C)=O)[C@H]1C(=O)NC[C@H](NC(=O)c1c(Cl)cc(CNC(=O)/C=C/c2ccco2)cc1Cl)C(=O)O. The number of nitrogens with one attached hydrogen (secondary N) is 3. The third-order valence-corrected chi connectivity index (χ3v) is 6.44. The van der Waals surface area contributed by atoms with Gasteiger partial charge in [-0.1, -0.05) is 29.8 Å². The van der Waals surface area contributed by atoms with Gasteiger partial charge in [-0.15, -0.1) is 0 Å². The second kappa shape index (κ2) is 13.1. The number of halogens is 2. The molecule has 1 aliphatic heterocycles. The molecule has 13 heteroatoms. The third kappa shape index (κ3) is 7.71. The zero-order chi connectivity index (χ0) is 28.7. The van der Waals surface area contributed by atoms with Gasteiger partial charge in [0.1, 0.15) is 17.8 Å². The maximum atomic E-state index is 12.9. The highest BCUT2D eigenvalue weighted by Gasteiger charge is 2.36. The van der Waals surface area contributed by atoms with Crippen molar-refractivity contribution in [1.82, 2.24) is 20.9 Å². The van der Waals surface area contributed by atoms with Gasteiger partial charge in [-0.2, -0.15) is 0 Å². The Hall–Kier alpha value is -4.09. The predicted molar refractivity (Wildman–Crippen MR) is 143 cm³/mol. The van der Waals surface area contributed by atoms with Crippen LogP contribution >= 0.6 is 23.2 Å². The minimum Gasteiger partial charge on any atom is -0.480 e. The average molecular weight is 577 g/mol. The molecule has 0 bridgehead atoms. The van der Waals surface area contributed by atoms with Gasteiger partial charge < -0.3 is 30.4 Å². The van der Waals surface area contributed by atoms with Crippen LogP contribution in [0.5, 0.6) is 0 Å². The van der Waals surface area contributed by atoms with Crippen molar-refractivity contribution in [1.29, 1.82) is 0 Å². The van der Waals surface area contributed by atoms with E-state index >= 15 is 0 Å². The van der Waals surface area contributed by atoms with Gasteiger partial charge in [0.25, 0.3) is 5.91 Å². The first-order chi connectivity index (χ1) is 18.5. The summed E-state index contributed by atoms with van der Waals surface area (Å²) in [6.07, 6.45) is 4.71. The Morgan fingerprint density at radius 3 is 2.49 bits per heavy atom. The molecule has 3 rings (SSSR count). The third-order valence-electron chi connectivity index (χ3n) is 5.85. The van der Waals surface area contributed by atoms with E-state index in [9.17, 15) is 29.1 Å². The standard InChI is InChI=1S/C26H26Cl2N4O7/c1-14-7-8-32(15(2)33)23(14)25(36)30-13-20(26(37)38)31-24(35)22-18(27)10-16(11-19(22)28)12-29-21(34)6-5-17-4-3-9-39-17/h3-6,9-11,20,23H,1,7-8,12-13H2,2H3,(H,29,34)(H,30,36)(H,31,35)(H,37,38)/b6-5+/t20-,23+/m0/s1. The maximum Gasteiger partial charge on any atom is 0.328 e. The zero-order valence-electron chi connectivity index (χ0n) is 20.8. The summed E-state index contributed by atoms with van der Waals surface area (Å²) in [5.74, 6) is -3.10. The number of amides is 4. The molecule has 0 radical (unpaired) electrons. The van der Waals surface area contributed by atoms with E-state index in [0.717, 1.165) is 0 Å². The fraction of sp³-hybridized carbons (Fsp3) is 0.269. The molecule has 0 aliphatic carbocycles. The lowest BCUT2D eigenvalue weighted by Crippen LogP contribution is -2.52. The monoisotopic (exact) mass is 576 g/mol. The number of carboxylic acid groups (broad SMARTS) is 1. The van der Waals surface area contributed by atoms with Gasteiger partial charge in [0.15, 0.2) is 0 Å². The number of carboxylic acids is 1. The average Bonchev–Trinajstić information content (AvgIpc) is 3.53. The molecule has 1 fully saturated rings. The normalized spacial score (nSPS) is 15.7. The van der Waals surface area contributed by atoms with E-state index in [0.29, 0.717) is 29.9 Å². The second-order valence-electron chi connectivity index (χ2n) is 8.63. The van der Waals surface area contributed by atoms with E-state index in [1.165, 1.54) is 42.4 Å². The van der Waals surface area contributed by atoms with Crippen LogP contribution in [0.1, 0.15) is 35.0 Å². The van der Waals surface area contributed by atoms with Crippen LogP contribution in [0.15, 0.2) is 53.2 Å². The van der Waals surface area contributed by atoms with Crippen molar-refractivity contribution in [3.05, 3.63) is 75.7 Å². The first kappa shape index (κ1) is 29.5. The summed E-state index contributed by atoms with van der Waals surface area (Å²) < 4.78 is 5.11. The zero-order valence-corrected chi connectivity index (χ0v) is 22.3. The molecule has 4 amide bonds. The highest BCUT2D eigenvalue weighted by atomic mass is 35.5. The lowest BCUT2D eigenvalue weighted by molar-refractivity contribution is -0.140. The first-order valence-electron chi connectivity index (χ1n) is 11.7. The molecule has 1 saturated heterocycles. The van der Waals surface area contributed by atoms with Gasteiger partial charge in [0, 0.05) is 32.6 Å². The molecule has 2 aromatic rings. The van der Waals surface area contributed by atoms with Gasteiger partial charge in [-0.3, -0.25) is 19.2 Å². The molecule has 0 unspecified atom stereocenters. The van der Waals surface area contributed by atoms with Crippen LogP contribution in [0.4, 0.5) is 0 Å². The van der Waals surface area contributed by atoms with Gasteiger partial charge in [-0.05, 0) is 47.9 Å². The van der Waals surface area contributed by atoms with Gasteiger partial charge in [-0.25, -0.2) is 4.79 Å². The summed E-state index contributed by atoms with van der Waals surface area (Å²) in [5, 5.41) is 16.8. The molecule has 206 valence electrons. The van der Waals surface area contributed by atoms with Gasteiger partial charge in [0.05, 0.1) is 21.9 Å². The Balaban J connectivity index is 1.61. The predicted octanol–water partition coefficient (Wildman–Crippen LogP) is 2.39. The van der Waals surface area contributed by atoms with Gasteiger partial charge >= 0.3 is 5.97 Å². The van der Waals surface area contributed by atoms with E-state index < -0.39 is 42.3 Å². The first-order valence-corrected chi connectivity index (χ1v) is 12.5. The molecule has 0 spiro atoms. The Morgan fingerprint density at radius 2 is 1.90 bits per heavy atom. The van der Waals surface area contributed by atoms with Crippen molar-refractivity contribution < 1.29 is 33.5 Å². The Morgan fingerprint density at radius 1 is 1.21 bits per heavy atom. The quantitative estimate of drug-likeness (QED) is 0.249. The summed E-state index contributed by atoms with van der Waals surface area (Å²) >= 11 is 12.5. The van der Waals surface area contributed by atoms with Crippen LogP contribution < -0.4 is 16.0 Å². The summed E-state index contributed by atoms with van der Waals surface area (Å²) in [6, 6.07) is 3.77. The molecular weight excluding hydrogens is 551 g/mol. The number of carbonyl (C=O) groups is 5. The Kier molecular flexibility index (Phi) is 9.91. The number of furan rings is 1. The second-order valence-corrected chi connectivity index (χ2v) is 9.45. The largest absolute Gasteiger partial charge is 0.480 e. The molecule has 1 aromatic heterocycles. The number of nitrogens with zero attached hydrogens (tertiary/aromatic N) is 1. The van der Waals surface area contributed by atoms with Crippen molar-refractivity contribution in [2.24, 2.45) is 0 Å². The summed E-state index contributed by atoms with van der Waals surface area (Å²) in [6.45, 7) is 5.06. The van der Waals surface area contributed by atoms with Crippen molar-refractivity contribution in [2.45, 2.75) is 32.0 Å². The van der Waals surface area contributed by atoms with Crippen LogP contribution in [-0.2, 0) is 25.7 Å². The van der Waals surface area contributed by atoms with Crippen molar-refractivity contribution in [3.63, 3.8) is 0 Å². The summed E-state index contributed by atoms with van der Waals surface area (Å²) in [5.41, 5.74) is 0.854. The van der Waals surface area contributed by atoms with E-state index in [-0.39, 0.29) is 28.1 Å². The van der Waals surface area contributed by atoms with Crippen LogP contribution in [0.25, 0.3) is 6.08 Å². The molecule has 1 aliphatic rings. The fourth-order valence-corrected chi connectivity index (χ4v) is 4.59. The molecule has 1 aromatic carbocycles. The fourth-order valence-electron chi connectivity index (χ4n) is 3.88. The van der Waals surface area contributed by atoms with E-state index in [2.05, 4.69) is 22.5 Å².